The maximum absolute atomic E-state index is 11.6. The van der Waals surface area contributed by atoms with Crippen LogP contribution < -0.4 is 4.90 Å². The van der Waals surface area contributed by atoms with Gasteiger partial charge in [0.05, 0.1) is 13.2 Å². The number of hydrogen-bond acceptors (Lipinski definition) is 4. The van der Waals surface area contributed by atoms with Crippen molar-refractivity contribution in [1.29, 1.82) is 0 Å². The van der Waals surface area contributed by atoms with E-state index in [-0.39, 0.29) is 0 Å². The van der Waals surface area contributed by atoms with Crippen LogP contribution in [0.25, 0.3) is 6.08 Å². The van der Waals surface area contributed by atoms with Gasteiger partial charge in [0.2, 0.25) is 0 Å². The zero-order valence-corrected chi connectivity index (χ0v) is 14.6. The molecule has 1 fully saturated rings. The van der Waals surface area contributed by atoms with E-state index in [1.165, 1.54) is 16.8 Å². The van der Waals surface area contributed by atoms with E-state index in [4.69, 9.17) is 4.74 Å². The highest BCUT2D eigenvalue weighted by Gasteiger charge is 2.24. The monoisotopic (exact) mass is 326 g/mol. The molecule has 0 radical (unpaired) electrons. The molecule has 0 spiro atoms. The number of morpholine rings is 1. The molecular weight excluding hydrogens is 300 g/mol. The average molecular weight is 326 g/mol. The lowest BCUT2D eigenvalue weighted by Gasteiger charge is -2.35. The predicted molar refractivity (Wildman–Crippen MR) is 98.1 cm³/mol. The largest absolute Gasteiger partial charge is 0.378 e. The molecule has 0 unspecified atom stereocenters. The number of carbonyl (C=O) groups is 1. The van der Waals surface area contributed by atoms with Crippen LogP contribution in [-0.2, 0) is 9.53 Å². The summed E-state index contributed by atoms with van der Waals surface area (Å²) < 4.78 is 5.47. The summed E-state index contributed by atoms with van der Waals surface area (Å²) in [4.78, 5) is 16.0. The van der Waals surface area contributed by atoms with Crippen molar-refractivity contribution in [2.24, 2.45) is 0 Å². The molecule has 0 atom stereocenters. The van der Waals surface area contributed by atoms with E-state index >= 15 is 0 Å². The van der Waals surface area contributed by atoms with Gasteiger partial charge >= 0.3 is 0 Å². The number of anilines is 1. The summed E-state index contributed by atoms with van der Waals surface area (Å²) in [5, 5.41) is 0. The summed E-state index contributed by atoms with van der Waals surface area (Å²) in [6, 6.07) is 8.56. The summed E-state index contributed by atoms with van der Waals surface area (Å²) in [6.45, 7) is 3.20. The molecular formula is C20H26N2O2. The Kier molecular flexibility index (Phi) is 5.36. The normalized spacial score (nSPS) is 20.4. The van der Waals surface area contributed by atoms with Crippen LogP contribution in [0.15, 0.2) is 41.1 Å². The lowest BCUT2D eigenvalue weighted by Crippen LogP contribution is -2.37. The molecule has 24 heavy (non-hydrogen) atoms. The van der Waals surface area contributed by atoms with E-state index in [2.05, 4.69) is 40.1 Å². The molecule has 0 bridgehead atoms. The number of carbonyl (C=O) groups excluding carboxylic acids is 1. The first-order valence-corrected chi connectivity index (χ1v) is 8.68. The third kappa shape index (κ3) is 3.70. The lowest BCUT2D eigenvalue weighted by molar-refractivity contribution is -0.105. The second-order valence-electron chi connectivity index (χ2n) is 6.60. The van der Waals surface area contributed by atoms with E-state index in [1.54, 1.807) is 0 Å². The molecule has 1 saturated heterocycles. The number of benzene rings is 1. The van der Waals surface area contributed by atoms with Gasteiger partial charge in [-0.2, -0.15) is 0 Å². The first-order chi connectivity index (χ1) is 11.7. The molecule has 2 aliphatic rings. The van der Waals surface area contributed by atoms with Crippen LogP contribution >= 0.6 is 0 Å². The highest BCUT2D eigenvalue weighted by molar-refractivity contribution is 5.78. The highest BCUT2D eigenvalue weighted by Crippen LogP contribution is 2.33. The molecule has 3 rings (SSSR count). The van der Waals surface area contributed by atoms with Crippen molar-refractivity contribution in [3.8, 4) is 0 Å². The zero-order chi connectivity index (χ0) is 16.9. The van der Waals surface area contributed by atoms with Crippen molar-refractivity contribution in [3.05, 3.63) is 46.7 Å². The Balaban J connectivity index is 1.92. The number of allylic oxidation sites excluding steroid dienone is 2. The molecule has 4 nitrogen and oxygen atoms in total. The fourth-order valence-corrected chi connectivity index (χ4v) is 3.43. The Morgan fingerprint density at radius 2 is 1.79 bits per heavy atom. The van der Waals surface area contributed by atoms with Gasteiger partial charge in [0, 0.05) is 44.1 Å². The Labute approximate surface area is 144 Å². The quantitative estimate of drug-likeness (QED) is 0.796. The van der Waals surface area contributed by atoms with Crippen LogP contribution in [0, 0.1) is 0 Å². The van der Waals surface area contributed by atoms with Gasteiger partial charge in [-0.15, -0.1) is 0 Å². The molecule has 128 valence electrons. The van der Waals surface area contributed by atoms with Crippen LogP contribution in [0.3, 0.4) is 0 Å². The van der Waals surface area contributed by atoms with Gasteiger partial charge in [-0.3, -0.25) is 4.79 Å². The van der Waals surface area contributed by atoms with E-state index in [1.807, 2.05) is 14.1 Å². The number of nitrogens with zero attached hydrogens (tertiary/aromatic N) is 2. The third-order valence-electron chi connectivity index (χ3n) is 4.72. The Bertz CT molecular complexity index is 638. The molecule has 1 aromatic carbocycles. The van der Waals surface area contributed by atoms with Crippen LogP contribution in [-0.4, -0.2) is 51.6 Å². The maximum Gasteiger partial charge on any atom is 0.148 e. The fraction of sp³-hybridized carbons (Fsp3) is 0.450. The highest BCUT2D eigenvalue weighted by atomic mass is 16.5. The Morgan fingerprint density at radius 3 is 2.42 bits per heavy atom. The fourth-order valence-electron chi connectivity index (χ4n) is 3.43. The van der Waals surface area contributed by atoms with Crippen molar-refractivity contribution in [3.63, 3.8) is 0 Å². The van der Waals surface area contributed by atoms with Gasteiger partial charge in [0.25, 0.3) is 0 Å². The van der Waals surface area contributed by atoms with Crippen molar-refractivity contribution >= 4 is 18.0 Å². The first-order valence-electron chi connectivity index (χ1n) is 8.68. The van der Waals surface area contributed by atoms with Crippen LogP contribution in [0.5, 0.6) is 0 Å². The number of ether oxygens (including phenoxy) is 1. The van der Waals surface area contributed by atoms with E-state index in [9.17, 15) is 4.79 Å². The van der Waals surface area contributed by atoms with Crippen molar-refractivity contribution < 1.29 is 9.53 Å². The topological polar surface area (TPSA) is 32.8 Å². The van der Waals surface area contributed by atoms with Crippen molar-refractivity contribution in [2.75, 3.05) is 45.3 Å². The van der Waals surface area contributed by atoms with Gasteiger partial charge in [0.1, 0.15) is 6.29 Å². The molecule has 4 heteroatoms. The molecule has 0 amide bonds. The third-order valence-corrected chi connectivity index (χ3v) is 4.72. The molecule has 1 heterocycles. The van der Waals surface area contributed by atoms with Gasteiger partial charge in [-0.25, -0.2) is 0 Å². The number of rotatable bonds is 4. The molecule has 1 aromatic rings. The van der Waals surface area contributed by atoms with Gasteiger partial charge < -0.3 is 14.5 Å². The maximum atomic E-state index is 11.6. The molecule has 0 saturated carbocycles. The molecule has 0 N–H and O–H groups in total. The Hall–Kier alpha value is -2.07. The molecule has 0 aromatic heterocycles. The second-order valence-corrected chi connectivity index (χ2v) is 6.60. The predicted octanol–water partition coefficient (Wildman–Crippen LogP) is 3.11. The average Bonchev–Trinajstić information content (AvgIpc) is 2.62. The SMILES string of the molecule is CN(C)c1ccc(/C=C2\CCCC(C=O)=C2N2CCOCC2)cc1. The minimum Gasteiger partial charge on any atom is -0.378 e. The summed E-state index contributed by atoms with van der Waals surface area (Å²) in [7, 11) is 4.09. The summed E-state index contributed by atoms with van der Waals surface area (Å²) >= 11 is 0. The zero-order valence-electron chi connectivity index (χ0n) is 14.6. The number of aldehydes is 1. The van der Waals surface area contributed by atoms with Crippen LogP contribution in [0.2, 0.25) is 0 Å². The smallest absolute Gasteiger partial charge is 0.148 e. The van der Waals surface area contributed by atoms with E-state index in [0.717, 1.165) is 63.1 Å². The minimum absolute atomic E-state index is 0.737. The molecule has 1 aliphatic heterocycles. The summed E-state index contributed by atoms with van der Waals surface area (Å²) in [5.41, 5.74) is 5.75. The van der Waals surface area contributed by atoms with Crippen molar-refractivity contribution in [2.45, 2.75) is 19.3 Å². The van der Waals surface area contributed by atoms with Gasteiger partial charge in [0.15, 0.2) is 0 Å². The number of hydrogen-bond donors (Lipinski definition) is 0. The second kappa shape index (κ2) is 7.67. The lowest BCUT2D eigenvalue weighted by atomic mass is 9.90. The van der Waals surface area contributed by atoms with Crippen LogP contribution in [0.4, 0.5) is 5.69 Å². The van der Waals surface area contributed by atoms with Crippen LogP contribution in [0.1, 0.15) is 24.8 Å². The summed E-state index contributed by atoms with van der Waals surface area (Å²) in [6.07, 6.45) is 6.25. The van der Waals surface area contributed by atoms with E-state index < -0.39 is 0 Å². The van der Waals surface area contributed by atoms with Gasteiger partial charge in [-0.1, -0.05) is 12.1 Å². The van der Waals surface area contributed by atoms with Gasteiger partial charge in [-0.05, 0) is 48.6 Å². The standard InChI is InChI=1S/C20H26N2O2/c1-21(2)19-8-6-16(7-9-19)14-17-4-3-5-18(15-23)20(17)22-10-12-24-13-11-22/h6-9,14-15H,3-5,10-13H2,1-2H3/b17-14+. The van der Waals surface area contributed by atoms with Crippen molar-refractivity contribution in [1.82, 2.24) is 4.90 Å². The molecule has 1 aliphatic carbocycles. The Morgan fingerprint density at radius 1 is 1.08 bits per heavy atom. The first kappa shape index (κ1) is 16.8. The minimum atomic E-state index is 0.737. The summed E-state index contributed by atoms with van der Waals surface area (Å²) in [5.74, 6) is 0. The van der Waals surface area contributed by atoms with E-state index in [0.29, 0.717) is 0 Å².